The van der Waals surface area contributed by atoms with E-state index in [0.717, 1.165) is 41.8 Å². The Hall–Kier alpha value is -2.66. The van der Waals surface area contributed by atoms with Gasteiger partial charge in [0.2, 0.25) is 5.28 Å². The molecule has 0 bridgehead atoms. The minimum Gasteiger partial charge on any atom is -0.478 e. The van der Waals surface area contributed by atoms with Crippen LogP contribution in [-0.2, 0) is 19.4 Å². The molecular formula is C21H22ClN3O2. The minimum atomic E-state index is -0.901. The maximum absolute atomic E-state index is 11.3. The molecule has 0 saturated carbocycles. The molecular weight excluding hydrogens is 362 g/mol. The third kappa shape index (κ3) is 4.95. The van der Waals surface area contributed by atoms with Gasteiger partial charge in [0.25, 0.3) is 0 Å². The number of aryl methyl sites for hydroxylation is 1. The zero-order chi connectivity index (χ0) is 19.2. The molecule has 0 saturated heterocycles. The SMILES string of the molecule is CCCCc1nc(Cl)n(Cc2ccc(Cc3ccccc3C(=O)O)cc2)n1. The zero-order valence-electron chi connectivity index (χ0n) is 15.2. The van der Waals surface area contributed by atoms with Gasteiger partial charge >= 0.3 is 5.97 Å². The molecule has 0 amide bonds. The number of carbonyl (C=O) groups is 1. The Balaban J connectivity index is 1.69. The van der Waals surface area contributed by atoms with Gasteiger partial charge in [-0.2, -0.15) is 5.10 Å². The van der Waals surface area contributed by atoms with Crippen LogP contribution in [-0.4, -0.2) is 25.8 Å². The zero-order valence-corrected chi connectivity index (χ0v) is 16.0. The highest BCUT2D eigenvalue weighted by atomic mass is 35.5. The number of benzene rings is 2. The van der Waals surface area contributed by atoms with Crippen molar-refractivity contribution in [2.24, 2.45) is 0 Å². The number of nitrogens with zero attached hydrogens (tertiary/aromatic N) is 3. The number of aromatic nitrogens is 3. The second-order valence-corrected chi connectivity index (χ2v) is 6.85. The van der Waals surface area contributed by atoms with Gasteiger partial charge in [-0.15, -0.1) is 0 Å². The van der Waals surface area contributed by atoms with Crippen LogP contribution in [0.15, 0.2) is 48.5 Å². The Bertz CT molecular complexity index is 919. The van der Waals surface area contributed by atoms with Crippen molar-refractivity contribution in [1.82, 2.24) is 14.8 Å². The van der Waals surface area contributed by atoms with Gasteiger partial charge in [-0.3, -0.25) is 0 Å². The first-order valence-corrected chi connectivity index (χ1v) is 9.43. The van der Waals surface area contributed by atoms with Crippen molar-refractivity contribution in [3.63, 3.8) is 0 Å². The van der Waals surface area contributed by atoms with E-state index in [2.05, 4.69) is 17.0 Å². The standard InChI is InChI=1S/C21H22ClN3O2/c1-2-3-8-19-23-21(22)25(24-19)14-16-11-9-15(10-12-16)13-17-6-4-5-7-18(17)20(26)27/h4-7,9-12H,2-3,8,13-14H2,1H3,(H,26,27). The highest BCUT2D eigenvalue weighted by Crippen LogP contribution is 2.17. The number of unbranched alkanes of at least 4 members (excludes halogenated alkanes) is 1. The average Bonchev–Trinajstić information content (AvgIpc) is 3.01. The molecule has 0 unspecified atom stereocenters. The van der Waals surface area contributed by atoms with E-state index in [1.807, 2.05) is 36.4 Å². The van der Waals surface area contributed by atoms with Crippen molar-refractivity contribution in [3.8, 4) is 0 Å². The molecule has 0 aliphatic rings. The lowest BCUT2D eigenvalue weighted by Crippen LogP contribution is -2.04. The van der Waals surface area contributed by atoms with Crippen LogP contribution in [0, 0.1) is 0 Å². The summed E-state index contributed by atoms with van der Waals surface area (Å²) < 4.78 is 1.71. The molecule has 2 aromatic carbocycles. The lowest BCUT2D eigenvalue weighted by atomic mass is 9.99. The van der Waals surface area contributed by atoms with E-state index in [4.69, 9.17) is 11.6 Å². The largest absolute Gasteiger partial charge is 0.478 e. The van der Waals surface area contributed by atoms with Gasteiger partial charge in [0.05, 0.1) is 12.1 Å². The number of carboxylic acid groups (broad SMARTS) is 1. The summed E-state index contributed by atoms with van der Waals surface area (Å²) in [7, 11) is 0. The summed E-state index contributed by atoms with van der Waals surface area (Å²) >= 11 is 6.19. The lowest BCUT2D eigenvalue weighted by Gasteiger charge is -2.08. The van der Waals surface area contributed by atoms with Gasteiger partial charge in [0, 0.05) is 6.42 Å². The number of rotatable bonds is 8. The van der Waals surface area contributed by atoms with Crippen LogP contribution >= 0.6 is 11.6 Å². The fourth-order valence-corrected chi connectivity index (χ4v) is 3.14. The quantitative estimate of drug-likeness (QED) is 0.616. The summed E-state index contributed by atoms with van der Waals surface area (Å²) in [5, 5.41) is 14.2. The lowest BCUT2D eigenvalue weighted by molar-refractivity contribution is 0.0696. The molecule has 140 valence electrons. The molecule has 0 aliphatic carbocycles. The topological polar surface area (TPSA) is 68.0 Å². The van der Waals surface area contributed by atoms with Crippen LogP contribution in [0.2, 0.25) is 5.28 Å². The molecule has 0 radical (unpaired) electrons. The Morgan fingerprint density at radius 2 is 1.81 bits per heavy atom. The predicted octanol–water partition coefficient (Wildman–Crippen LogP) is 4.61. The van der Waals surface area contributed by atoms with E-state index in [9.17, 15) is 9.90 Å². The number of halogens is 1. The molecule has 0 spiro atoms. The van der Waals surface area contributed by atoms with E-state index in [0.29, 0.717) is 23.8 Å². The molecule has 1 aromatic heterocycles. The highest BCUT2D eigenvalue weighted by Gasteiger charge is 2.10. The number of carboxylic acids is 1. The van der Waals surface area contributed by atoms with E-state index in [1.54, 1.807) is 16.8 Å². The molecule has 3 rings (SSSR count). The Labute approximate surface area is 163 Å². The normalized spacial score (nSPS) is 10.9. The van der Waals surface area contributed by atoms with Gasteiger partial charge < -0.3 is 5.11 Å². The average molecular weight is 384 g/mol. The molecule has 0 aliphatic heterocycles. The Morgan fingerprint density at radius 1 is 1.11 bits per heavy atom. The van der Waals surface area contributed by atoms with Crippen LogP contribution in [0.5, 0.6) is 0 Å². The number of hydrogen-bond donors (Lipinski definition) is 1. The summed E-state index contributed by atoms with van der Waals surface area (Å²) in [6.07, 6.45) is 3.56. The van der Waals surface area contributed by atoms with Crippen LogP contribution in [0.1, 0.15) is 52.6 Å². The number of aromatic carboxylic acids is 1. The van der Waals surface area contributed by atoms with Crippen molar-refractivity contribution in [2.75, 3.05) is 0 Å². The van der Waals surface area contributed by atoms with Gasteiger partial charge in [-0.25, -0.2) is 14.5 Å². The second-order valence-electron chi connectivity index (χ2n) is 6.51. The summed E-state index contributed by atoms with van der Waals surface area (Å²) in [4.78, 5) is 15.6. The van der Waals surface area contributed by atoms with Gasteiger partial charge in [-0.1, -0.05) is 55.8 Å². The van der Waals surface area contributed by atoms with E-state index in [1.165, 1.54) is 0 Å². The summed E-state index contributed by atoms with van der Waals surface area (Å²) in [5.74, 6) is -0.120. The third-order valence-electron chi connectivity index (χ3n) is 4.42. The van der Waals surface area contributed by atoms with Crippen LogP contribution < -0.4 is 0 Å². The van der Waals surface area contributed by atoms with Crippen molar-refractivity contribution >= 4 is 17.6 Å². The summed E-state index contributed by atoms with van der Waals surface area (Å²) in [6.45, 7) is 2.69. The highest BCUT2D eigenvalue weighted by molar-refractivity contribution is 6.28. The molecule has 27 heavy (non-hydrogen) atoms. The van der Waals surface area contributed by atoms with Gasteiger partial charge in [0.1, 0.15) is 0 Å². The maximum Gasteiger partial charge on any atom is 0.335 e. The van der Waals surface area contributed by atoms with Crippen LogP contribution in [0.25, 0.3) is 0 Å². The van der Waals surface area contributed by atoms with Crippen LogP contribution in [0.3, 0.4) is 0 Å². The first kappa shape index (κ1) is 19.1. The van der Waals surface area contributed by atoms with E-state index < -0.39 is 5.97 Å². The van der Waals surface area contributed by atoms with Crippen molar-refractivity contribution < 1.29 is 9.90 Å². The van der Waals surface area contributed by atoms with E-state index >= 15 is 0 Å². The summed E-state index contributed by atoms with van der Waals surface area (Å²) in [6, 6.07) is 15.1. The molecule has 3 aromatic rings. The van der Waals surface area contributed by atoms with Gasteiger partial charge in [0.15, 0.2) is 5.82 Å². The molecule has 5 nitrogen and oxygen atoms in total. The van der Waals surface area contributed by atoms with Crippen molar-refractivity contribution in [2.45, 2.75) is 39.2 Å². The number of hydrogen-bond acceptors (Lipinski definition) is 3. The fraction of sp³-hybridized carbons (Fsp3) is 0.286. The van der Waals surface area contributed by atoms with E-state index in [-0.39, 0.29) is 0 Å². The summed E-state index contributed by atoms with van der Waals surface area (Å²) in [5.41, 5.74) is 3.27. The maximum atomic E-state index is 11.3. The molecule has 6 heteroatoms. The van der Waals surface area contributed by atoms with Crippen molar-refractivity contribution in [1.29, 1.82) is 0 Å². The fourth-order valence-electron chi connectivity index (χ4n) is 2.95. The van der Waals surface area contributed by atoms with Crippen LogP contribution in [0.4, 0.5) is 0 Å². The second kappa shape index (κ2) is 8.82. The first-order valence-electron chi connectivity index (χ1n) is 9.05. The minimum absolute atomic E-state index is 0.343. The molecule has 0 fully saturated rings. The predicted molar refractivity (Wildman–Crippen MR) is 105 cm³/mol. The monoisotopic (exact) mass is 383 g/mol. The van der Waals surface area contributed by atoms with Gasteiger partial charge in [-0.05, 0) is 47.2 Å². The first-order chi connectivity index (χ1) is 13.1. The molecule has 1 heterocycles. The molecule has 1 N–H and O–H groups in total. The molecule has 0 atom stereocenters. The van der Waals surface area contributed by atoms with Crippen molar-refractivity contribution in [3.05, 3.63) is 81.9 Å². The smallest absolute Gasteiger partial charge is 0.335 e. The Morgan fingerprint density at radius 3 is 2.52 bits per heavy atom. The third-order valence-corrected chi connectivity index (χ3v) is 4.70. The Kier molecular flexibility index (Phi) is 6.24.